The van der Waals surface area contributed by atoms with E-state index in [0.29, 0.717) is 12.5 Å². The molecule has 128 valence electrons. The maximum Gasteiger partial charge on any atom is 0.288 e. The molecule has 4 heteroatoms. The van der Waals surface area contributed by atoms with Gasteiger partial charge in [0.2, 0.25) is 6.54 Å². The minimum absolute atomic E-state index is 0. The standard InChI is InChI=1S/C20H25N2O.ClH/c1-17-6-5-11-21(15-17)16-20(23)22-12-9-19(10-13-22)14-18-7-3-2-4-8-18;/h2-8,11,15,19H,9-10,12-14,16H2,1H3;1H/q+1;/p-1. The molecule has 3 nitrogen and oxygen atoms in total. The molecule has 0 spiro atoms. The van der Waals surface area contributed by atoms with Crippen molar-refractivity contribution in [3.63, 3.8) is 0 Å². The van der Waals surface area contributed by atoms with E-state index >= 15 is 0 Å². The van der Waals surface area contributed by atoms with Crippen molar-refractivity contribution in [2.24, 2.45) is 5.92 Å². The van der Waals surface area contributed by atoms with E-state index in [4.69, 9.17) is 0 Å². The summed E-state index contributed by atoms with van der Waals surface area (Å²) in [5.74, 6) is 0.937. The van der Waals surface area contributed by atoms with Crippen LogP contribution < -0.4 is 17.0 Å². The Bertz CT molecular complexity index is 652. The number of halogens is 1. The molecule has 1 aromatic carbocycles. The Labute approximate surface area is 150 Å². The third-order valence-electron chi connectivity index (χ3n) is 4.66. The number of amides is 1. The fourth-order valence-corrected chi connectivity index (χ4v) is 3.34. The van der Waals surface area contributed by atoms with Gasteiger partial charge in [0.15, 0.2) is 12.4 Å². The second-order valence-corrected chi connectivity index (χ2v) is 6.57. The molecule has 1 aromatic heterocycles. The molecule has 0 radical (unpaired) electrons. The Morgan fingerprint density at radius 3 is 2.50 bits per heavy atom. The molecule has 2 aromatic rings. The van der Waals surface area contributed by atoms with Gasteiger partial charge in [0.25, 0.3) is 5.91 Å². The second kappa shape index (κ2) is 8.84. The first-order valence-electron chi connectivity index (χ1n) is 8.48. The molecule has 0 unspecified atom stereocenters. The predicted octanol–water partition coefficient (Wildman–Crippen LogP) is -0.232. The minimum atomic E-state index is 0. The average Bonchev–Trinajstić information content (AvgIpc) is 2.56. The molecule has 0 atom stereocenters. The van der Waals surface area contributed by atoms with E-state index in [-0.39, 0.29) is 18.3 Å². The van der Waals surface area contributed by atoms with Crippen LogP contribution in [-0.2, 0) is 17.8 Å². The number of hydrogen-bond donors (Lipinski definition) is 0. The molecule has 1 aliphatic rings. The van der Waals surface area contributed by atoms with Gasteiger partial charge in [0.1, 0.15) is 0 Å². The van der Waals surface area contributed by atoms with Gasteiger partial charge in [-0.2, -0.15) is 4.57 Å². The second-order valence-electron chi connectivity index (χ2n) is 6.57. The van der Waals surface area contributed by atoms with E-state index < -0.39 is 0 Å². The topological polar surface area (TPSA) is 24.2 Å². The number of piperidine rings is 1. The maximum absolute atomic E-state index is 12.4. The predicted molar refractivity (Wildman–Crippen MR) is 90.8 cm³/mol. The van der Waals surface area contributed by atoms with Gasteiger partial charge in [0.05, 0.1) is 0 Å². The van der Waals surface area contributed by atoms with Crippen LogP contribution in [0.1, 0.15) is 24.0 Å². The van der Waals surface area contributed by atoms with Crippen LogP contribution in [-0.4, -0.2) is 23.9 Å². The highest BCUT2D eigenvalue weighted by Gasteiger charge is 2.24. The average molecular weight is 345 g/mol. The number of benzene rings is 1. The summed E-state index contributed by atoms with van der Waals surface area (Å²) in [5.41, 5.74) is 2.59. The van der Waals surface area contributed by atoms with Gasteiger partial charge in [-0.25, -0.2) is 0 Å². The zero-order valence-electron chi connectivity index (χ0n) is 14.2. The Kier molecular flexibility index (Phi) is 6.80. The zero-order valence-corrected chi connectivity index (χ0v) is 15.0. The van der Waals surface area contributed by atoms with E-state index in [1.807, 2.05) is 27.9 Å². The van der Waals surface area contributed by atoms with E-state index in [0.717, 1.165) is 32.4 Å². The smallest absolute Gasteiger partial charge is 0.288 e. The number of aryl methyl sites for hydroxylation is 1. The summed E-state index contributed by atoms with van der Waals surface area (Å²) >= 11 is 0. The largest absolute Gasteiger partial charge is 1.00 e. The number of likely N-dealkylation sites (tertiary alicyclic amines) is 1. The normalized spacial score (nSPS) is 15.0. The summed E-state index contributed by atoms with van der Waals surface area (Å²) in [6.45, 7) is 4.28. The molecular formula is C20H25ClN2O. The van der Waals surface area contributed by atoms with Gasteiger partial charge in [0, 0.05) is 24.7 Å². The minimum Gasteiger partial charge on any atom is -1.00 e. The van der Waals surface area contributed by atoms with Crippen molar-refractivity contribution in [2.75, 3.05) is 13.1 Å². The van der Waals surface area contributed by atoms with E-state index in [2.05, 4.69) is 43.3 Å². The molecule has 2 heterocycles. The van der Waals surface area contributed by atoms with Crippen molar-refractivity contribution in [3.8, 4) is 0 Å². The van der Waals surface area contributed by atoms with Crippen LogP contribution in [0.3, 0.4) is 0 Å². The number of hydrogen-bond acceptors (Lipinski definition) is 1. The third kappa shape index (κ3) is 5.07. The monoisotopic (exact) mass is 344 g/mol. The molecule has 0 bridgehead atoms. The lowest BCUT2D eigenvalue weighted by molar-refractivity contribution is -0.685. The summed E-state index contributed by atoms with van der Waals surface area (Å²) in [7, 11) is 0. The summed E-state index contributed by atoms with van der Waals surface area (Å²) in [4.78, 5) is 14.5. The first-order chi connectivity index (χ1) is 11.2. The van der Waals surface area contributed by atoms with Crippen molar-refractivity contribution >= 4 is 5.91 Å². The van der Waals surface area contributed by atoms with Gasteiger partial charge >= 0.3 is 0 Å². The molecule has 1 saturated heterocycles. The van der Waals surface area contributed by atoms with E-state index in [1.54, 1.807) is 0 Å². The molecular weight excluding hydrogens is 320 g/mol. The molecule has 0 N–H and O–H groups in total. The van der Waals surface area contributed by atoms with Crippen molar-refractivity contribution in [1.82, 2.24) is 4.90 Å². The molecule has 0 aliphatic carbocycles. The van der Waals surface area contributed by atoms with Crippen molar-refractivity contribution in [2.45, 2.75) is 32.7 Å². The molecule has 0 saturated carbocycles. The van der Waals surface area contributed by atoms with E-state index in [1.165, 1.54) is 11.1 Å². The van der Waals surface area contributed by atoms with Crippen LogP contribution in [0.2, 0.25) is 0 Å². The summed E-state index contributed by atoms with van der Waals surface area (Å²) < 4.78 is 1.98. The van der Waals surface area contributed by atoms with Gasteiger partial charge in [-0.1, -0.05) is 30.3 Å². The molecule has 3 rings (SSSR count). The zero-order chi connectivity index (χ0) is 16.1. The number of pyridine rings is 1. The highest BCUT2D eigenvalue weighted by atomic mass is 35.5. The summed E-state index contributed by atoms with van der Waals surface area (Å²) in [6, 6.07) is 14.7. The summed E-state index contributed by atoms with van der Waals surface area (Å²) in [6.07, 6.45) is 7.35. The van der Waals surface area contributed by atoms with Crippen LogP contribution in [0.15, 0.2) is 54.9 Å². The lowest BCUT2D eigenvalue weighted by Crippen LogP contribution is -3.00. The first-order valence-corrected chi connectivity index (χ1v) is 8.48. The molecule has 24 heavy (non-hydrogen) atoms. The number of rotatable bonds is 4. The van der Waals surface area contributed by atoms with Gasteiger partial charge in [-0.3, -0.25) is 4.79 Å². The van der Waals surface area contributed by atoms with E-state index in [9.17, 15) is 4.79 Å². The molecule has 1 amide bonds. The van der Waals surface area contributed by atoms with Crippen LogP contribution >= 0.6 is 0 Å². The quantitative estimate of drug-likeness (QED) is 0.703. The Balaban J connectivity index is 0.00000208. The van der Waals surface area contributed by atoms with Crippen LogP contribution in [0.4, 0.5) is 0 Å². The van der Waals surface area contributed by atoms with Crippen molar-refractivity contribution < 1.29 is 21.8 Å². The van der Waals surface area contributed by atoms with Gasteiger partial charge < -0.3 is 17.3 Å². The first kappa shape index (κ1) is 18.5. The number of aromatic nitrogens is 1. The lowest BCUT2D eigenvalue weighted by Gasteiger charge is -2.31. The van der Waals surface area contributed by atoms with Gasteiger partial charge in [-0.05, 0) is 43.7 Å². The molecule has 1 aliphatic heterocycles. The number of carbonyl (C=O) groups excluding carboxylic acids is 1. The van der Waals surface area contributed by atoms with Crippen LogP contribution in [0.5, 0.6) is 0 Å². The molecule has 1 fully saturated rings. The van der Waals surface area contributed by atoms with Crippen LogP contribution in [0, 0.1) is 12.8 Å². The van der Waals surface area contributed by atoms with Crippen molar-refractivity contribution in [3.05, 3.63) is 66.0 Å². The van der Waals surface area contributed by atoms with Gasteiger partial charge in [-0.15, -0.1) is 0 Å². The lowest BCUT2D eigenvalue weighted by atomic mass is 9.90. The van der Waals surface area contributed by atoms with Crippen molar-refractivity contribution in [1.29, 1.82) is 0 Å². The third-order valence-corrected chi connectivity index (χ3v) is 4.66. The number of nitrogens with zero attached hydrogens (tertiary/aromatic N) is 2. The fraction of sp³-hybridized carbons (Fsp3) is 0.400. The Morgan fingerprint density at radius 2 is 1.83 bits per heavy atom. The highest BCUT2D eigenvalue weighted by molar-refractivity contribution is 5.74. The Morgan fingerprint density at radius 1 is 1.12 bits per heavy atom. The summed E-state index contributed by atoms with van der Waals surface area (Å²) in [5, 5.41) is 0. The maximum atomic E-state index is 12.4. The Hall–Kier alpha value is -1.87. The highest BCUT2D eigenvalue weighted by Crippen LogP contribution is 2.21. The number of carbonyl (C=O) groups is 1. The van der Waals surface area contributed by atoms with Crippen LogP contribution in [0.25, 0.3) is 0 Å². The fourth-order valence-electron chi connectivity index (χ4n) is 3.34. The SMILES string of the molecule is Cc1ccc[n+](CC(=O)N2CCC(Cc3ccccc3)CC2)c1.[Cl-].